The Bertz CT molecular complexity index is 284. The molecule has 1 aromatic heterocycles. The van der Waals surface area contributed by atoms with E-state index in [4.69, 9.17) is 5.73 Å². The fraction of sp³-hybridized carbons (Fsp3) is 0.286. The fourth-order valence-corrected chi connectivity index (χ4v) is 2.20. The predicted molar refractivity (Wildman–Crippen MR) is 43.4 cm³/mol. The molecule has 0 saturated carbocycles. The second-order valence-electron chi connectivity index (χ2n) is 2.53. The lowest BCUT2D eigenvalue weighted by molar-refractivity contribution is 0.100. The molecule has 0 spiro atoms. The van der Waals surface area contributed by atoms with Gasteiger partial charge in [0.15, 0.2) is 0 Å². The molecule has 1 amide bonds. The molecule has 58 valence electrons. The van der Waals surface area contributed by atoms with Crippen molar-refractivity contribution in [2.45, 2.75) is 13.1 Å². The van der Waals surface area contributed by atoms with Crippen molar-refractivity contribution in [1.82, 2.24) is 5.32 Å². The number of fused-ring (bicyclic) bond motifs is 1. The van der Waals surface area contributed by atoms with Crippen molar-refractivity contribution in [3.63, 3.8) is 0 Å². The lowest BCUT2D eigenvalue weighted by Gasteiger charge is -1.88. The van der Waals surface area contributed by atoms with E-state index in [1.165, 1.54) is 21.8 Å². The van der Waals surface area contributed by atoms with Crippen LogP contribution in [-0.2, 0) is 13.1 Å². The highest BCUT2D eigenvalue weighted by molar-refractivity contribution is 7.14. The van der Waals surface area contributed by atoms with Crippen molar-refractivity contribution in [2.24, 2.45) is 5.73 Å². The Balaban J connectivity index is 2.42. The topological polar surface area (TPSA) is 55.1 Å². The van der Waals surface area contributed by atoms with Gasteiger partial charge in [-0.3, -0.25) is 4.79 Å². The molecule has 11 heavy (non-hydrogen) atoms. The fourth-order valence-electron chi connectivity index (χ4n) is 1.20. The first-order chi connectivity index (χ1) is 5.27. The van der Waals surface area contributed by atoms with Crippen LogP contribution in [-0.4, -0.2) is 5.91 Å². The molecule has 2 heterocycles. The molecule has 0 radical (unpaired) electrons. The summed E-state index contributed by atoms with van der Waals surface area (Å²) < 4.78 is 0. The number of hydrogen-bond donors (Lipinski definition) is 2. The minimum atomic E-state index is -0.315. The highest BCUT2D eigenvalue weighted by Crippen LogP contribution is 2.25. The van der Waals surface area contributed by atoms with Gasteiger partial charge in [0.05, 0.1) is 4.88 Å². The lowest BCUT2D eigenvalue weighted by atomic mass is 10.3. The molecular weight excluding hydrogens is 160 g/mol. The highest BCUT2D eigenvalue weighted by Gasteiger charge is 2.15. The summed E-state index contributed by atoms with van der Waals surface area (Å²) in [5.41, 5.74) is 6.35. The van der Waals surface area contributed by atoms with Crippen LogP contribution in [0.4, 0.5) is 0 Å². The Hall–Kier alpha value is -0.870. The average molecular weight is 168 g/mol. The van der Waals surface area contributed by atoms with Crippen LogP contribution in [0.2, 0.25) is 0 Å². The molecule has 0 saturated heterocycles. The van der Waals surface area contributed by atoms with Crippen LogP contribution in [0.5, 0.6) is 0 Å². The van der Waals surface area contributed by atoms with E-state index in [2.05, 4.69) is 5.32 Å². The van der Waals surface area contributed by atoms with E-state index in [1.54, 1.807) is 0 Å². The molecule has 4 heteroatoms. The summed E-state index contributed by atoms with van der Waals surface area (Å²) in [5.74, 6) is -0.315. The molecule has 0 atom stereocenters. The molecular formula is C7H8N2OS. The third kappa shape index (κ3) is 1.04. The van der Waals surface area contributed by atoms with Crippen molar-refractivity contribution in [1.29, 1.82) is 0 Å². The standard InChI is InChI=1S/C7H8N2OS/c8-7(10)5-1-4-2-9-3-6(4)11-5/h1,9H,2-3H2,(H2,8,10). The van der Waals surface area contributed by atoms with E-state index < -0.39 is 0 Å². The summed E-state index contributed by atoms with van der Waals surface area (Å²) in [6.45, 7) is 1.76. The molecule has 3 N–H and O–H groups in total. The van der Waals surface area contributed by atoms with Crippen molar-refractivity contribution in [2.75, 3.05) is 0 Å². The Morgan fingerprint density at radius 2 is 2.45 bits per heavy atom. The minimum absolute atomic E-state index is 0.315. The van der Waals surface area contributed by atoms with Crippen molar-refractivity contribution in [3.8, 4) is 0 Å². The Morgan fingerprint density at radius 3 is 3.09 bits per heavy atom. The third-order valence-corrected chi connectivity index (χ3v) is 2.93. The van der Waals surface area contributed by atoms with Crippen molar-refractivity contribution < 1.29 is 4.79 Å². The van der Waals surface area contributed by atoms with Gasteiger partial charge in [-0.05, 0) is 11.6 Å². The molecule has 0 fully saturated rings. The first kappa shape index (κ1) is 6.82. The SMILES string of the molecule is NC(=O)c1cc2c(s1)CNC2. The second-order valence-corrected chi connectivity index (χ2v) is 3.66. The largest absolute Gasteiger partial charge is 0.365 e. The average Bonchev–Trinajstić information content (AvgIpc) is 2.40. The van der Waals surface area contributed by atoms with Gasteiger partial charge in [0.25, 0.3) is 5.91 Å². The monoisotopic (exact) mass is 168 g/mol. The van der Waals surface area contributed by atoms with Gasteiger partial charge >= 0.3 is 0 Å². The zero-order valence-electron chi connectivity index (χ0n) is 5.89. The summed E-state index contributed by atoms with van der Waals surface area (Å²) >= 11 is 1.49. The Morgan fingerprint density at radius 1 is 1.64 bits per heavy atom. The lowest BCUT2D eigenvalue weighted by Crippen LogP contribution is -2.09. The molecule has 1 aliphatic rings. The number of carbonyl (C=O) groups excluding carboxylic acids is 1. The normalized spacial score (nSPS) is 14.9. The van der Waals surface area contributed by atoms with Crippen LogP contribution in [0, 0.1) is 0 Å². The van der Waals surface area contributed by atoms with E-state index in [0.29, 0.717) is 4.88 Å². The first-order valence-corrected chi connectivity index (χ1v) is 4.21. The maximum atomic E-state index is 10.7. The van der Waals surface area contributed by atoms with Gasteiger partial charge in [0.2, 0.25) is 0 Å². The molecule has 0 aromatic carbocycles. The van der Waals surface area contributed by atoms with Crippen molar-refractivity contribution >= 4 is 17.2 Å². The number of rotatable bonds is 1. The van der Waals surface area contributed by atoms with Gasteiger partial charge in [0, 0.05) is 18.0 Å². The van der Waals surface area contributed by atoms with E-state index in [1.807, 2.05) is 6.07 Å². The summed E-state index contributed by atoms with van der Waals surface area (Å²) in [5, 5.41) is 3.19. The van der Waals surface area contributed by atoms with Gasteiger partial charge in [-0.15, -0.1) is 11.3 Å². The number of primary amides is 1. The maximum absolute atomic E-state index is 10.7. The molecule has 1 aromatic rings. The number of carbonyl (C=O) groups is 1. The van der Waals surface area contributed by atoms with Crippen LogP contribution < -0.4 is 11.1 Å². The van der Waals surface area contributed by atoms with Crippen LogP contribution in [0.1, 0.15) is 20.1 Å². The van der Waals surface area contributed by atoms with Crippen LogP contribution in [0.25, 0.3) is 0 Å². The van der Waals surface area contributed by atoms with E-state index in [9.17, 15) is 4.79 Å². The summed E-state index contributed by atoms with van der Waals surface area (Å²) in [6, 6.07) is 1.88. The zero-order chi connectivity index (χ0) is 7.84. The van der Waals surface area contributed by atoms with Gasteiger partial charge in [0.1, 0.15) is 0 Å². The quantitative estimate of drug-likeness (QED) is 0.639. The number of nitrogens with two attached hydrogens (primary N) is 1. The molecule has 0 bridgehead atoms. The summed E-state index contributed by atoms with van der Waals surface area (Å²) in [7, 11) is 0. The summed E-state index contributed by atoms with van der Waals surface area (Å²) in [6.07, 6.45) is 0. The molecule has 1 aliphatic heterocycles. The van der Waals surface area contributed by atoms with Crippen LogP contribution >= 0.6 is 11.3 Å². The van der Waals surface area contributed by atoms with Gasteiger partial charge < -0.3 is 11.1 Å². The number of amides is 1. The van der Waals surface area contributed by atoms with Crippen LogP contribution in [0.15, 0.2) is 6.07 Å². The van der Waals surface area contributed by atoms with E-state index in [0.717, 1.165) is 13.1 Å². The second kappa shape index (κ2) is 2.32. The molecule has 0 unspecified atom stereocenters. The predicted octanol–water partition coefficient (Wildman–Crippen LogP) is 0.450. The van der Waals surface area contributed by atoms with E-state index >= 15 is 0 Å². The zero-order valence-corrected chi connectivity index (χ0v) is 6.70. The van der Waals surface area contributed by atoms with Gasteiger partial charge in [-0.1, -0.05) is 0 Å². The Labute approximate surface area is 68.2 Å². The maximum Gasteiger partial charge on any atom is 0.258 e. The number of hydrogen-bond acceptors (Lipinski definition) is 3. The molecule has 0 aliphatic carbocycles. The Kier molecular flexibility index (Phi) is 1.44. The van der Waals surface area contributed by atoms with E-state index in [-0.39, 0.29) is 5.91 Å². The van der Waals surface area contributed by atoms with Crippen LogP contribution in [0.3, 0.4) is 0 Å². The molecule has 2 rings (SSSR count). The third-order valence-electron chi connectivity index (χ3n) is 1.74. The first-order valence-electron chi connectivity index (χ1n) is 3.39. The van der Waals surface area contributed by atoms with Crippen molar-refractivity contribution in [3.05, 3.63) is 21.4 Å². The number of nitrogens with one attached hydrogen (secondary N) is 1. The molecule has 3 nitrogen and oxygen atoms in total. The van der Waals surface area contributed by atoms with Gasteiger partial charge in [-0.2, -0.15) is 0 Å². The minimum Gasteiger partial charge on any atom is -0.365 e. The summed E-state index contributed by atoms with van der Waals surface area (Å²) in [4.78, 5) is 12.6. The number of thiophene rings is 1. The van der Waals surface area contributed by atoms with Gasteiger partial charge in [-0.25, -0.2) is 0 Å². The highest BCUT2D eigenvalue weighted by atomic mass is 32.1. The smallest absolute Gasteiger partial charge is 0.258 e.